The summed E-state index contributed by atoms with van der Waals surface area (Å²) in [6.45, 7) is 1.86. The van der Waals surface area contributed by atoms with Gasteiger partial charge in [0.2, 0.25) is 0 Å². The van der Waals surface area contributed by atoms with E-state index in [2.05, 4.69) is 0 Å². The summed E-state index contributed by atoms with van der Waals surface area (Å²) in [7, 11) is 1.56. The van der Waals surface area contributed by atoms with Crippen LogP contribution in [0.2, 0.25) is 5.02 Å². The minimum absolute atomic E-state index is 0.134. The molecule has 0 saturated carbocycles. The highest BCUT2D eigenvalue weighted by Gasteiger charge is 2.35. The minimum Gasteiger partial charge on any atom is -0.497 e. The molecule has 6 rings (SSSR count). The third kappa shape index (κ3) is 5.70. The van der Waals surface area contributed by atoms with Crippen molar-refractivity contribution in [2.45, 2.75) is 13.0 Å². The lowest BCUT2D eigenvalue weighted by atomic mass is 9.93. The summed E-state index contributed by atoms with van der Waals surface area (Å²) in [5, 5.41) is 11.6. The number of methoxy groups -OCH3 is 1. The number of furan rings is 1. The number of nitrogens with zero attached hydrogens (tertiary/aromatic N) is 3. The fourth-order valence-electron chi connectivity index (χ4n) is 5.06. The molecule has 5 aromatic rings. The Labute approximate surface area is 264 Å². The van der Waals surface area contributed by atoms with Gasteiger partial charge in [0, 0.05) is 29.3 Å². The number of nitro groups is 1. The summed E-state index contributed by atoms with van der Waals surface area (Å²) in [6.07, 6.45) is 1.57. The number of nitro benzene ring substituents is 1. The Morgan fingerprint density at radius 3 is 2.56 bits per heavy atom. The molecule has 0 N–H and O–H groups in total. The van der Waals surface area contributed by atoms with Crippen molar-refractivity contribution in [2.24, 2.45) is 4.99 Å². The summed E-state index contributed by atoms with van der Waals surface area (Å²) in [5.74, 6) is 0.662. The monoisotopic (exact) mass is 641 g/mol. The van der Waals surface area contributed by atoms with Crippen molar-refractivity contribution < 1.29 is 23.6 Å². The summed E-state index contributed by atoms with van der Waals surface area (Å²) < 4.78 is 18.6. The molecule has 0 amide bonds. The first-order valence-electron chi connectivity index (χ1n) is 13.8. The van der Waals surface area contributed by atoms with E-state index < -0.39 is 16.9 Å². The van der Waals surface area contributed by atoms with E-state index in [0.29, 0.717) is 49.0 Å². The first kappa shape index (κ1) is 29.8. The predicted molar refractivity (Wildman–Crippen MR) is 170 cm³/mol. The van der Waals surface area contributed by atoms with Crippen LogP contribution in [0.5, 0.6) is 5.75 Å². The van der Waals surface area contributed by atoms with Gasteiger partial charge in [-0.15, -0.1) is 0 Å². The molecule has 3 aromatic carbocycles. The molecule has 2 aromatic heterocycles. The maximum absolute atomic E-state index is 14.1. The number of thiazole rings is 1. The Morgan fingerprint density at radius 2 is 1.87 bits per heavy atom. The number of hydrogen-bond acceptors (Lipinski definition) is 9. The summed E-state index contributed by atoms with van der Waals surface area (Å²) in [6, 6.07) is 22.9. The molecule has 0 radical (unpaired) electrons. The number of carbonyl (C=O) groups excluding carboxylic acids is 1. The Hall–Kier alpha value is -5.26. The Morgan fingerprint density at radius 1 is 1.11 bits per heavy atom. The molecule has 1 atom stereocenters. The van der Waals surface area contributed by atoms with Crippen LogP contribution in [-0.4, -0.2) is 29.2 Å². The highest BCUT2D eigenvalue weighted by molar-refractivity contribution is 7.07. The lowest BCUT2D eigenvalue weighted by molar-refractivity contribution is -0.384. The first-order valence-corrected chi connectivity index (χ1v) is 14.9. The highest BCUT2D eigenvalue weighted by atomic mass is 35.5. The number of hydrogen-bond donors (Lipinski definition) is 0. The molecule has 0 saturated heterocycles. The standard InChI is InChI=1S/C33H24ClN3O7S/c1-3-43-32(39)28-29(19-7-5-4-6-8-19)35-33-36(30(28)20-9-12-22(42-2)13-10-20)31(38)27(45-33)18-23-14-16-26(44-23)24-17-21(37(40)41)11-15-25(24)34/h4-18,30H,3H2,1-2H3/b27-18-/t30-/m0/s1. The average molecular weight is 642 g/mol. The van der Waals surface area contributed by atoms with Gasteiger partial charge in [0.15, 0.2) is 4.80 Å². The highest BCUT2D eigenvalue weighted by Crippen LogP contribution is 2.36. The van der Waals surface area contributed by atoms with Crippen LogP contribution in [0.3, 0.4) is 0 Å². The van der Waals surface area contributed by atoms with Crippen molar-refractivity contribution >= 4 is 46.4 Å². The molecular weight excluding hydrogens is 618 g/mol. The second kappa shape index (κ2) is 12.4. The molecule has 0 fully saturated rings. The number of rotatable bonds is 8. The van der Waals surface area contributed by atoms with Crippen molar-refractivity contribution in [3.8, 4) is 17.1 Å². The number of fused-ring (bicyclic) bond motifs is 1. The maximum atomic E-state index is 14.1. The van der Waals surface area contributed by atoms with Crippen LogP contribution in [0.1, 0.15) is 29.9 Å². The van der Waals surface area contributed by atoms with E-state index in [-0.39, 0.29) is 28.4 Å². The van der Waals surface area contributed by atoms with Gasteiger partial charge in [-0.05, 0) is 42.8 Å². The number of carbonyl (C=O) groups is 1. The molecule has 10 nitrogen and oxygen atoms in total. The molecule has 0 spiro atoms. The van der Waals surface area contributed by atoms with E-state index in [1.807, 2.05) is 30.3 Å². The molecule has 0 aliphatic carbocycles. The van der Waals surface area contributed by atoms with Crippen LogP contribution in [0.4, 0.5) is 5.69 Å². The second-order valence-electron chi connectivity index (χ2n) is 9.83. The third-order valence-electron chi connectivity index (χ3n) is 7.13. The molecule has 3 heterocycles. The zero-order chi connectivity index (χ0) is 31.7. The number of halogens is 1. The smallest absolute Gasteiger partial charge is 0.338 e. The van der Waals surface area contributed by atoms with E-state index >= 15 is 0 Å². The van der Waals surface area contributed by atoms with Gasteiger partial charge in [-0.25, -0.2) is 9.79 Å². The van der Waals surface area contributed by atoms with Crippen LogP contribution in [0.25, 0.3) is 23.1 Å². The van der Waals surface area contributed by atoms with Crippen LogP contribution < -0.4 is 19.6 Å². The van der Waals surface area contributed by atoms with Crippen LogP contribution >= 0.6 is 22.9 Å². The van der Waals surface area contributed by atoms with Crippen molar-refractivity contribution in [1.29, 1.82) is 0 Å². The third-order valence-corrected chi connectivity index (χ3v) is 8.44. The van der Waals surface area contributed by atoms with Gasteiger partial charge < -0.3 is 13.9 Å². The number of aromatic nitrogens is 1. The summed E-state index contributed by atoms with van der Waals surface area (Å²) in [4.78, 5) is 43.7. The number of benzene rings is 3. The lowest BCUT2D eigenvalue weighted by Crippen LogP contribution is -2.40. The fraction of sp³-hybridized carbons (Fsp3) is 0.121. The topological polar surface area (TPSA) is 126 Å². The van der Waals surface area contributed by atoms with Gasteiger partial charge in [-0.2, -0.15) is 0 Å². The molecule has 1 aliphatic rings. The summed E-state index contributed by atoms with van der Waals surface area (Å²) >= 11 is 7.46. The number of esters is 1. The van der Waals surface area contributed by atoms with E-state index in [1.165, 1.54) is 22.8 Å². The van der Waals surface area contributed by atoms with E-state index in [0.717, 1.165) is 11.3 Å². The average Bonchev–Trinajstić information content (AvgIpc) is 3.64. The molecule has 45 heavy (non-hydrogen) atoms. The van der Waals surface area contributed by atoms with Crippen molar-refractivity contribution in [3.05, 3.63) is 142 Å². The predicted octanol–water partition coefficient (Wildman–Crippen LogP) is 5.77. The lowest BCUT2D eigenvalue weighted by Gasteiger charge is -2.26. The SMILES string of the molecule is CCOC(=O)C1=C(c2ccccc2)N=c2s/c(=C\c3ccc(-c4cc([N+](=O)[O-])ccc4Cl)o3)c(=O)n2[C@H]1c1ccc(OC)cc1. The Kier molecular flexibility index (Phi) is 8.20. The Balaban J connectivity index is 1.54. The van der Waals surface area contributed by atoms with Crippen molar-refractivity contribution in [3.63, 3.8) is 0 Å². The fourth-order valence-corrected chi connectivity index (χ4v) is 6.25. The quantitative estimate of drug-likeness (QED) is 0.120. The van der Waals surface area contributed by atoms with Gasteiger partial charge in [0.05, 0.1) is 45.5 Å². The van der Waals surface area contributed by atoms with E-state index in [1.54, 1.807) is 56.5 Å². The number of ether oxygens (including phenoxy) is 2. The molecule has 226 valence electrons. The molecule has 0 bridgehead atoms. The van der Waals surface area contributed by atoms with Crippen molar-refractivity contribution in [1.82, 2.24) is 4.57 Å². The van der Waals surface area contributed by atoms with E-state index in [9.17, 15) is 19.7 Å². The van der Waals surface area contributed by atoms with Gasteiger partial charge >= 0.3 is 5.97 Å². The van der Waals surface area contributed by atoms with Crippen LogP contribution in [-0.2, 0) is 9.53 Å². The largest absolute Gasteiger partial charge is 0.497 e. The van der Waals surface area contributed by atoms with Crippen LogP contribution in [0, 0.1) is 10.1 Å². The first-order chi connectivity index (χ1) is 21.8. The van der Waals surface area contributed by atoms with Crippen LogP contribution in [0.15, 0.2) is 105 Å². The molecule has 0 unspecified atom stereocenters. The minimum atomic E-state index is -0.848. The van der Waals surface area contributed by atoms with Gasteiger partial charge in [-0.3, -0.25) is 19.5 Å². The van der Waals surface area contributed by atoms with E-state index in [4.69, 9.17) is 30.5 Å². The zero-order valence-corrected chi connectivity index (χ0v) is 25.5. The van der Waals surface area contributed by atoms with Crippen molar-refractivity contribution in [2.75, 3.05) is 13.7 Å². The normalized spacial score (nSPS) is 14.6. The molecule has 1 aliphatic heterocycles. The van der Waals surface area contributed by atoms with Gasteiger partial charge in [0.25, 0.3) is 11.2 Å². The molecule has 12 heteroatoms. The second-order valence-corrected chi connectivity index (χ2v) is 11.2. The zero-order valence-electron chi connectivity index (χ0n) is 23.9. The van der Waals surface area contributed by atoms with Gasteiger partial charge in [-0.1, -0.05) is 65.4 Å². The Bertz CT molecular complexity index is 2150. The maximum Gasteiger partial charge on any atom is 0.338 e. The number of non-ortho nitro benzene ring substituents is 1. The molecular formula is C33H24ClN3O7S. The van der Waals surface area contributed by atoms with Gasteiger partial charge in [0.1, 0.15) is 17.3 Å². The summed E-state index contributed by atoms with van der Waals surface area (Å²) in [5.41, 5.74) is 1.82.